The largest absolute Gasteiger partial charge is 0.497 e. The van der Waals surface area contributed by atoms with E-state index in [4.69, 9.17) is 4.74 Å². The summed E-state index contributed by atoms with van der Waals surface area (Å²) in [6.07, 6.45) is -4.21. The quantitative estimate of drug-likeness (QED) is 0.713. The van der Waals surface area contributed by atoms with E-state index in [1.807, 2.05) is 24.3 Å². The number of benzene rings is 2. The van der Waals surface area contributed by atoms with Crippen LogP contribution in [0.3, 0.4) is 0 Å². The van der Waals surface area contributed by atoms with Gasteiger partial charge in [-0.1, -0.05) is 35.4 Å². The minimum Gasteiger partial charge on any atom is -0.497 e. The van der Waals surface area contributed by atoms with Gasteiger partial charge in [-0.05, 0) is 38.1 Å². The predicted molar refractivity (Wildman–Crippen MR) is 73.9 cm³/mol. The van der Waals surface area contributed by atoms with E-state index in [0.717, 1.165) is 23.4 Å². The summed E-state index contributed by atoms with van der Waals surface area (Å²) in [6, 6.07) is 13.0. The van der Waals surface area contributed by atoms with Gasteiger partial charge in [-0.15, -0.1) is 0 Å². The monoisotopic (exact) mass is 282 g/mol. The Kier molecular flexibility index (Phi) is 5.62. The highest BCUT2D eigenvalue weighted by molar-refractivity contribution is 5.26. The van der Waals surface area contributed by atoms with E-state index in [1.54, 1.807) is 14.0 Å². The Bertz CT molecular complexity index is 513. The molecule has 0 spiro atoms. The summed E-state index contributed by atoms with van der Waals surface area (Å²) >= 11 is 0. The molecule has 2 aromatic rings. The van der Waals surface area contributed by atoms with Crippen molar-refractivity contribution < 1.29 is 17.9 Å². The molecule has 0 saturated heterocycles. The van der Waals surface area contributed by atoms with Crippen molar-refractivity contribution in [2.45, 2.75) is 20.0 Å². The number of alkyl halides is 3. The van der Waals surface area contributed by atoms with E-state index in [-0.39, 0.29) is 0 Å². The van der Waals surface area contributed by atoms with Crippen molar-refractivity contribution in [3.8, 4) is 5.75 Å². The van der Waals surface area contributed by atoms with Gasteiger partial charge >= 0.3 is 6.18 Å². The second-order valence-electron chi connectivity index (χ2n) is 4.38. The topological polar surface area (TPSA) is 9.23 Å². The molecular formula is C16H17F3O. The molecule has 108 valence electrons. The Morgan fingerprint density at radius 2 is 1.15 bits per heavy atom. The van der Waals surface area contributed by atoms with Crippen molar-refractivity contribution in [2.75, 3.05) is 7.11 Å². The first-order chi connectivity index (χ1) is 9.32. The van der Waals surface area contributed by atoms with Crippen LogP contribution in [0.4, 0.5) is 13.2 Å². The second kappa shape index (κ2) is 6.98. The lowest BCUT2D eigenvalue weighted by atomic mass is 10.1. The van der Waals surface area contributed by atoms with Gasteiger partial charge in [0.05, 0.1) is 12.7 Å². The number of ether oxygens (including phenoxy) is 1. The molecule has 0 aliphatic carbocycles. The van der Waals surface area contributed by atoms with Crippen LogP contribution in [0, 0.1) is 13.8 Å². The van der Waals surface area contributed by atoms with Crippen molar-refractivity contribution in [2.24, 2.45) is 0 Å². The van der Waals surface area contributed by atoms with Crippen LogP contribution in [0.1, 0.15) is 16.7 Å². The highest BCUT2D eigenvalue weighted by Crippen LogP contribution is 2.28. The lowest BCUT2D eigenvalue weighted by Gasteiger charge is -2.05. The Hall–Kier alpha value is -1.97. The van der Waals surface area contributed by atoms with E-state index in [0.29, 0.717) is 0 Å². The molecule has 0 heterocycles. The van der Waals surface area contributed by atoms with E-state index in [1.165, 1.54) is 17.7 Å². The van der Waals surface area contributed by atoms with E-state index in [9.17, 15) is 13.2 Å². The summed E-state index contributed by atoms with van der Waals surface area (Å²) < 4.78 is 40.7. The van der Waals surface area contributed by atoms with Gasteiger partial charge in [-0.2, -0.15) is 13.2 Å². The third-order valence-corrected chi connectivity index (χ3v) is 2.64. The Labute approximate surface area is 117 Å². The van der Waals surface area contributed by atoms with Crippen molar-refractivity contribution in [1.82, 2.24) is 0 Å². The maximum atomic E-state index is 11.9. The first kappa shape index (κ1) is 16.1. The van der Waals surface area contributed by atoms with Gasteiger partial charge in [0, 0.05) is 0 Å². The molecule has 2 rings (SSSR count). The summed E-state index contributed by atoms with van der Waals surface area (Å²) in [6.45, 7) is 3.81. The van der Waals surface area contributed by atoms with Crippen molar-refractivity contribution in [1.29, 1.82) is 0 Å². The predicted octanol–water partition coefficient (Wildman–Crippen LogP) is 5.02. The standard InChI is InChI=1S/C8H7F3.C8H10O/c1-6-2-4-7(5-3-6)8(9,10)11;1-7-3-5-8(9-2)6-4-7/h2-5H,1H3;3-6H,1-2H3. The average Bonchev–Trinajstić information content (AvgIpc) is 2.40. The third kappa shape index (κ3) is 5.34. The summed E-state index contributed by atoms with van der Waals surface area (Å²) in [4.78, 5) is 0. The van der Waals surface area contributed by atoms with Gasteiger partial charge in [-0.25, -0.2) is 0 Å². The Morgan fingerprint density at radius 3 is 1.50 bits per heavy atom. The fourth-order valence-corrected chi connectivity index (χ4v) is 1.42. The van der Waals surface area contributed by atoms with Crippen molar-refractivity contribution in [3.63, 3.8) is 0 Å². The fourth-order valence-electron chi connectivity index (χ4n) is 1.42. The normalized spacial score (nSPS) is 10.5. The number of aryl methyl sites for hydroxylation is 2. The lowest BCUT2D eigenvalue weighted by Crippen LogP contribution is -2.03. The van der Waals surface area contributed by atoms with Crippen LogP contribution in [0.25, 0.3) is 0 Å². The summed E-state index contributed by atoms with van der Waals surface area (Å²) in [5.74, 6) is 0.917. The molecule has 0 saturated carbocycles. The zero-order valence-corrected chi connectivity index (χ0v) is 11.7. The molecule has 0 amide bonds. The maximum Gasteiger partial charge on any atom is 0.416 e. The van der Waals surface area contributed by atoms with Gasteiger partial charge in [0.2, 0.25) is 0 Å². The second-order valence-corrected chi connectivity index (χ2v) is 4.38. The molecule has 0 atom stereocenters. The van der Waals surface area contributed by atoms with Crippen LogP contribution in [-0.4, -0.2) is 7.11 Å². The zero-order chi connectivity index (χ0) is 15.2. The Morgan fingerprint density at radius 1 is 0.750 bits per heavy atom. The van der Waals surface area contributed by atoms with Crippen LogP contribution in [0.5, 0.6) is 5.75 Å². The van der Waals surface area contributed by atoms with Crippen LogP contribution in [0.15, 0.2) is 48.5 Å². The zero-order valence-electron chi connectivity index (χ0n) is 11.7. The van der Waals surface area contributed by atoms with E-state index >= 15 is 0 Å². The SMILES string of the molecule is COc1ccc(C)cc1.Cc1ccc(C(F)(F)F)cc1. The molecule has 4 heteroatoms. The highest BCUT2D eigenvalue weighted by Gasteiger charge is 2.29. The summed E-state index contributed by atoms with van der Waals surface area (Å²) in [5, 5.41) is 0. The molecule has 0 bridgehead atoms. The molecule has 0 aliphatic heterocycles. The third-order valence-electron chi connectivity index (χ3n) is 2.64. The van der Waals surface area contributed by atoms with E-state index < -0.39 is 11.7 Å². The first-order valence-electron chi connectivity index (χ1n) is 6.07. The first-order valence-corrected chi connectivity index (χ1v) is 6.07. The van der Waals surface area contributed by atoms with Gasteiger partial charge in [0.1, 0.15) is 5.75 Å². The number of methoxy groups -OCH3 is 1. The summed E-state index contributed by atoms with van der Waals surface area (Å²) in [7, 11) is 1.67. The number of hydrogen-bond donors (Lipinski definition) is 0. The molecule has 2 aromatic carbocycles. The van der Waals surface area contributed by atoms with Gasteiger partial charge in [-0.3, -0.25) is 0 Å². The minimum atomic E-state index is -4.21. The average molecular weight is 282 g/mol. The number of hydrogen-bond acceptors (Lipinski definition) is 1. The smallest absolute Gasteiger partial charge is 0.416 e. The van der Waals surface area contributed by atoms with E-state index in [2.05, 4.69) is 6.92 Å². The highest BCUT2D eigenvalue weighted by atomic mass is 19.4. The van der Waals surface area contributed by atoms with Crippen LogP contribution in [0.2, 0.25) is 0 Å². The van der Waals surface area contributed by atoms with Crippen LogP contribution < -0.4 is 4.74 Å². The molecule has 0 aliphatic rings. The lowest BCUT2D eigenvalue weighted by molar-refractivity contribution is -0.137. The summed E-state index contributed by atoms with van der Waals surface area (Å²) in [5.41, 5.74) is 1.50. The molecule has 0 fully saturated rings. The van der Waals surface area contributed by atoms with Crippen molar-refractivity contribution >= 4 is 0 Å². The number of halogens is 3. The van der Waals surface area contributed by atoms with Gasteiger partial charge in [0.15, 0.2) is 0 Å². The molecule has 0 aromatic heterocycles. The molecule has 1 nitrogen and oxygen atoms in total. The molecule has 20 heavy (non-hydrogen) atoms. The van der Waals surface area contributed by atoms with Crippen LogP contribution >= 0.6 is 0 Å². The van der Waals surface area contributed by atoms with Gasteiger partial charge < -0.3 is 4.74 Å². The van der Waals surface area contributed by atoms with Crippen molar-refractivity contribution in [3.05, 3.63) is 65.2 Å². The molecule has 0 unspecified atom stereocenters. The minimum absolute atomic E-state index is 0.594. The van der Waals surface area contributed by atoms with Gasteiger partial charge in [0.25, 0.3) is 0 Å². The molecular weight excluding hydrogens is 265 g/mol. The maximum absolute atomic E-state index is 11.9. The molecule has 0 N–H and O–H groups in total. The Balaban J connectivity index is 0.000000204. The molecule has 0 radical (unpaired) electrons. The van der Waals surface area contributed by atoms with Crippen LogP contribution in [-0.2, 0) is 6.18 Å². The fraction of sp³-hybridized carbons (Fsp3) is 0.250. The number of rotatable bonds is 1.